The van der Waals surface area contributed by atoms with Crippen LogP contribution in [0.4, 0.5) is 22.9 Å². The highest BCUT2D eigenvalue weighted by atomic mass is 16.1. The van der Waals surface area contributed by atoms with Crippen LogP contribution < -0.4 is 16.4 Å². The van der Waals surface area contributed by atoms with Crippen molar-refractivity contribution >= 4 is 45.5 Å². The zero-order valence-corrected chi connectivity index (χ0v) is 16.9. The fourth-order valence-electron chi connectivity index (χ4n) is 3.25. The van der Waals surface area contributed by atoms with Gasteiger partial charge in [0.05, 0.1) is 16.9 Å². The van der Waals surface area contributed by atoms with E-state index in [4.69, 9.17) is 5.73 Å². The molecule has 4 aromatic rings. The molecule has 0 unspecified atom stereocenters. The van der Waals surface area contributed by atoms with Gasteiger partial charge in [0, 0.05) is 23.1 Å². The topological polar surface area (TPSA) is 110 Å². The first-order valence-corrected chi connectivity index (χ1v) is 9.75. The number of benzene rings is 3. The van der Waals surface area contributed by atoms with Crippen LogP contribution in [0.2, 0.25) is 0 Å². The molecule has 154 valence electrons. The van der Waals surface area contributed by atoms with E-state index < -0.39 is 0 Å². The maximum absolute atomic E-state index is 12.5. The van der Waals surface area contributed by atoms with Crippen LogP contribution in [-0.4, -0.2) is 21.7 Å². The van der Waals surface area contributed by atoms with E-state index in [1.165, 1.54) is 6.33 Å². The molecule has 0 saturated heterocycles. The Bertz CT molecular complexity index is 1270. The number of hydrogen-bond acceptors (Lipinski definition) is 6. The Kier molecular flexibility index (Phi) is 5.57. The molecule has 1 heterocycles. The van der Waals surface area contributed by atoms with E-state index in [1.807, 2.05) is 30.3 Å². The van der Waals surface area contributed by atoms with Crippen molar-refractivity contribution in [3.05, 3.63) is 84.2 Å². The van der Waals surface area contributed by atoms with E-state index >= 15 is 0 Å². The van der Waals surface area contributed by atoms with Crippen molar-refractivity contribution in [3.63, 3.8) is 0 Å². The second kappa shape index (κ2) is 8.62. The van der Waals surface area contributed by atoms with E-state index in [0.29, 0.717) is 29.2 Å². The Morgan fingerprint density at radius 1 is 0.968 bits per heavy atom. The summed E-state index contributed by atoms with van der Waals surface area (Å²) in [4.78, 5) is 32.6. The van der Waals surface area contributed by atoms with Gasteiger partial charge in [0.1, 0.15) is 17.9 Å². The predicted molar refractivity (Wildman–Crippen MR) is 122 cm³/mol. The van der Waals surface area contributed by atoms with Gasteiger partial charge in [-0.05, 0) is 61.0 Å². The van der Waals surface area contributed by atoms with Gasteiger partial charge in [0.25, 0.3) is 5.91 Å². The Labute approximate surface area is 179 Å². The predicted octanol–water partition coefficient (Wildman–Crippen LogP) is 4.34. The summed E-state index contributed by atoms with van der Waals surface area (Å²) < 4.78 is 0. The Morgan fingerprint density at radius 3 is 2.48 bits per heavy atom. The largest absolute Gasteiger partial charge is 0.397 e. The van der Waals surface area contributed by atoms with Crippen LogP contribution in [0.5, 0.6) is 0 Å². The van der Waals surface area contributed by atoms with Crippen molar-refractivity contribution in [1.82, 2.24) is 9.97 Å². The summed E-state index contributed by atoms with van der Waals surface area (Å²) in [5.41, 5.74) is 9.93. The van der Waals surface area contributed by atoms with Gasteiger partial charge in [-0.15, -0.1) is 0 Å². The molecule has 0 aliphatic rings. The van der Waals surface area contributed by atoms with Crippen LogP contribution in [-0.2, 0) is 11.2 Å². The van der Waals surface area contributed by atoms with Gasteiger partial charge in [0.2, 0.25) is 0 Å². The smallest absolute Gasteiger partial charge is 0.255 e. The van der Waals surface area contributed by atoms with E-state index in [2.05, 4.69) is 20.6 Å². The van der Waals surface area contributed by atoms with E-state index in [0.717, 1.165) is 22.2 Å². The number of aromatic nitrogens is 2. The molecule has 0 fully saturated rings. The van der Waals surface area contributed by atoms with Crippen LogP contribution in [0.25, 0.3) is 10.9 Å². The quantitative estimate of drug-likeness (QED) is 0.407. The summed E-state index contributed by atoms with van der Waals surface area (Å²) in [6, 6.07) is 19.9. The number of anilines is 4. The summed E-state index contributed by atoms with van der Waals surface area (Å²) >= 11 is 0. The number of amides is 1. The van der Waals surface area contributed by atoms with Crippen molar-refractivity contribution in [3.8, 4) is 0 Å². The van der Waals surface area contributed by atoms with E-state index in [9.17, 15) is 9.59 Å². The van der Waals surface area contributed by atoms with Gasteiger partial charge >= 0.3 is 0 Å². The summed E-state index contributed by atoms with van der Waals surface area (Å²) in [6.07, 6.45) is 1.85. The van der Waals surface area contributed by atoms with E-state index in [-0.39, 0.29) is 11.7 Å². The second-order valence-corrected chi connectivity index (χ2v) is 7.20. The number of nitrogens with zero attached hydrogens (tertiary/aromatic N) is 2. The van der Waals surface area contributed by atoms with Gasteiger partial charge in [0.15, 0.2) is 0 Å². The summed E-state index contributed by atoms with van der Waals surface area (Å²) in [5.74, 6) is 0.479. The average molecular weight is 411 g/mol. The fourth-order valence-corrected chi connectivity index (χ4v) is 3.25. The number of nitrogens with one attached hydrogen (secondary N) is 2. The van der Waals surface area contributed by atoms with Crippen molar-refractivity contribution in [2.75, 3.05) is 16.4 Å². The number of carbonyl (C=O) groups excluding carboxylic acids is 2. The molecule has 0 aliphatic heterocycles. The SMILES string of the molecule is CC(=O)Cc1ccc2ncnc(Nc3ccc(C(=O)Nc4ccccc4N)cc3)c2c1. The number of fused-ring (bicyclic) bond motifs is 1. The first-order valence-electron chi connectivity index (χ1n) is 9.75. The van der Waals surface area contributed by atoms with Crippen LogP contribution in [0.1, 0.15) is 22.8 Å². The maximum Gasteiger partial charge on any atom is 0.255 e. The minimum atomic E-state index is -0.245. The molecule has 0 aliphatic carbocycles. The lowest BCUT2D eigenvalue weighted by molar-refractivity contribution is -0.116. The third kappa shape index (κ3) is 4.67. The molecular weight excluding hydrogens is 390 g/mol. The molecule has 0 bridgehead atoms. The number of rotatable bonds is 6. The first kappa shape index (κ1) is 20.0. The Morgan fingerprint density at radius 2 is 1.74 bits per heavy atom. The van der Waals surface area contributed by atoms with Gasteiger partial charge in [-0.3, -0.25) is 9.59 Å². The van der Waals surface area contributed by atoms with Gasteiger partial charge < -0.3 is 16.4 Å². The van der Waals surface area contributed by atoms with Crippen LogP contribution in [0, 0.1) is 0 Å². The molecule has 0 saturated carbocycles. The molecule has 4 N–H and O–H groups in total. The number of carbonyl (C=O) groups is 2. The van der Waals surface area contributed by atoms with Gasteiger partial charge in [-0.1, -0.05) is 18.2 Å². The maximum atomic E-state index is 12.5. The molecule has 4 rings (SSSR count). The monoisotopic (exact) mass is 411 g/mol. The number of ketones is 1. The number of para-hydroxylation sites is 2. The average Bonchev–Trinajstić information content (AvgIpc) is 2.76. The minimum Gasteiger partial charge on any atom is -0.397 e. The molecule has 0 atom stereocenters. The third-order valence-corrected chi connectivity index (χ3v) is 4.77. The van der Waals surface area contributed by atoms with Crippen LogP contribution >= 0.6 is 0 Å². The lowest BCUT2D eigenvalue weighted by Gasteiger charge is -2.11. The fraction of sp³-hybridized carbons (Fsp3) is 0.0833. The molecule has 0 radical (unpaired) electrons. The van der Waals surface area contributed by atoms with Crippen LogP contribution in [0.15, 0.2) is 73.1 Å². The van der Waals surface area contributed by atoms with Crippen molar-refractivity contribution < 1.29 is 9.59 Å². The van der Waals surface area contributed by atoms with Gasteiger partial charge in [-0.25, -0.2) is 9.97 Å². The van der Waals surface area contributed by atoms with Crippen molar-refractivity contribution in [1.29, 1.82) is 0 Å². The molecule has 7 nitrogen and oxygen atoms in total. The molecule has 3 aromatic carbocycles. The number of nitrogens with two attached hydrogens (primary N) is 1. The number of hydrogen-bond donors (Lipinski definition) is 3. The summed E-state index contributed by atoms with van der Waals surface area (Å²) in [5, 5.41) is 6.90. The zero-order valence-electron chi connectivity index (χ0n) is 16.9. The molecule has 31 heavy (non-hydrogen) atoms. The normalized spacial score (nSPS) is 10.6. The molecule has 0 spiro atoms. The minimum absolute atomic E-state index is 0.0943. The highest BCUT2D eigenvalue weighted by Gasteiger charge is 2.10. The van der Waals surface area contributed by atoms with Crippen molar-refractivity contribution in [2.45, 2.75) is 13.3 Å². The number of Topliss-reactive ketones (excluding diaryl/α,β-unsaturated/α-hetero) is 1. The second-order valence-electron chi connectivity index (χ2n) is 7.20. The summed E-state index contributed by atoms with van der Waals surface area (Å²) in [6.45, 7) is 1.56. The van der Waals surface area contributed by atoms with E-state index in [1.54, 1.807) is 43.3 Å². The molecule has 7 heteroatoms. The van der Waals surface area contributed by atoms with Gasteiger partial charge in [-0.2, -0.15) is 0 Å². The standard InChI is InChI=1S/C24H21N5O2/c1-15(30)12-16-6-11-21-19(13-16)23(27-14-26-21)28-18-9-7-17(8-10-18)24(31)29-22-5-3-2-4-20(22)25/h2-11,13-14H,12,25H2,1H3,(H,29,31)(H,26,27,28). The highest BCUT2D eigenvalue weighted by Crippen LogP contribution is 2.25. The zero-order chi connectivity index (χ0) is 21.8. The Hall–Kier alpha value is -4.26. The molecule has 1 amide bonds. The first-order chi connectivity index (χ1) is 15.0. The highest BCUT2D eigenvalue weighted by molar-refractivity contribution is 6.06. The Balaban J connectivity index is 1.53. The third-order valence-electron chi connectivity index (χ3n) is 4.77. The van der Waals surface area contributed by atoms with Crippen LogP contribution in [0.3, 0.4) is 0 Å². The molecular formula is C24H21N5O2. The lowest BCUT2D eigenvalue weighted by atomic mass is 10.1. The molecule has 1 aromatic heterocycles. The number of nitrogen functional groups attached to an aromatic ring is 1. The summed E-state index contributed by atoms with van der Waals surface area (Å²) in [7, 11) is 0. The lowest BCUT2D eigenvalue weighted by Crippen LogP contribution is -2.13. The van der Waals surface area contributed by atoms with Crippen molar-refractivity contribution in [2.24, 2.45) is 0 Å².